The van der Waals surface area contributed by atoms with Crippen molar-refractivity contribution in [2.75, 3.05) is 23.4 Å². The molecule has 96 valence electrons. The van der Waals surface area contributed by atoms with Crippen LogP contribution in [0.15, 0.2) is 4.42 Å². The van der Waals surface area contributed by atoms with E-state index in [9.17, 15) is 8.42 Å². The molecule has 0 radical (unpaired) electrons. The third-order valence-corrected chi connectivity index (χ3v) is 4.73. The Morgan fingerprint density at radius 3 is 2.76 bits per heavy atom. The molecular weight excluding hydrogens is 242 g/mol. The summed E-state index contributed by atoms with van der Waals surface area (Å²) in [4.78, 5) is 0. The largest absolute Gasteiger partial charge is 0.408 e. The predicted octanol–water partition coefficient (Wildman–Crippen LogP) is 1.18. The first-order chi connectivity index (χ1) is 8.11. The monoisotopic (exact) mass is 259 g/mol. The van der Waals surface area contributed by atoms with Crippen LogP contribution in [0.5, 0.6) is 0 Å². The van der Waals surface area contributed by atoms with E-state index in [2.05, 4.69) is 15.5 Å². The van der Waals surface area contributed by atoms with Crippen LogP contribution in [-0.2, 0) is 9.84 Å². The highest BCUT2D eigenvalue weighted by atomic mass is 32.2. The van der Waals surface area contributed by atoms with Crippen LogP contribution in [0.25, 0.3) is 0 Å². The Morgan fingerprint density at radius 1 is 1.41 bits per heavy atom. The van der Waals surface area contributed by atoms with Gasteiger partial charge in [-0.2, -0.15) is 0 Å². The summed E-state index contributed by atoms with van der Waals surface area (Å²) in [6.07, 6.45) is 3.42. The van der Waals surface area contributed by atoms with Crippen molar-refractivity contribution < 1.29 is 12.8 Å². The molecule has 0 aromatic carbocycles. The number of anilines is 1. The van der Waals surface area contributed by atoms with E-state index in [1.54, 1.807) is 6.92 Å². The van der Waals surface area contributed by atoms with E-state index in [1.165, 1.54) is 6.42 Å². The van der Waals surface area contributed by atoms with Gasteiger partial charge in [0.25, 0.3) is 0 Å². The topological polar surface area (TPSA) is 85.1 Å². The standard InChI is InChI=1S/C10H17N3O3S/c1-2-17(14,15)7-6-11-10-13-12-9(16-10)8-4-3-5-8/h8H,2-7H2,1H3,(H,11,13). The van der Waals surface area contributed by atoms with Crippen LogP contribution in [0.1, 0.15) is 38.0 Å². The van der Waals surface area contributed by atoms with E-state index in [4.69, 9.17) is 4.42 Å². The maximum absolute atomic E-state index is 11.3. The van der Waals surface area contributed by atoms with E-state index in [0.717, 1.165) is 12.8 Å². The van der Waals surface area contributed by atoms with E-state index < -0.39 is 9.84 Å². The van der Waals surface area contributed by atoms with Gasteiger partial charge in [0.15, 0.2) is 9.84 Å². The van der Waals surface area contributed by atoms with Gasteiger partial charge in [0, 0.05) is 18.2 Å². The molecule has 0 bridgehead atoms. The van der Waals surface area contributed by atoms with Crippen LogP contribution < -0.4 is 5.32 Å². The number of nitrogens with one attached hydrogen (secondary N) is 1. The van der Waals surface area contributed by atoms with E-state index >= 15 is 0 Å². The molecule has 6 nitrogen and oxygen atoms in total. The Kier molecular flexibility index (Phi) is 3.66. The molecular formula is C10H17N3O3S. The third kappa shape index (κ3) is 3.18. The van der Waals surface area contributed by atoms with Crippen LogP contribution in [0, 0.1) is 0 Å². The summed E-state index contributed by atoms with van der Waals surface area (Å²) in [5.74, 6) is 1.31. The second kappa shape index (κ2) is 5.03. The van der Waals surface area contributed by atoms with Gasteiger partial charge < -0.3 is 9.73 Å². The van der Waals surface area contributed by atoms with Gasteiger partial charge in [0.05, 0.1) is 5.75 Å². The SMILES string of the molecule is CCS(=O)(=O)CCNc1nnc(C2CCC2)o1. The van der Waals surface area contributed by atoms with Gasteiger partial charge in [-0.3, -0.25) is 0 Å². The quantitative estimate of drug-likeness (QED) is 0.825. The van der Waals surface area contributed by atoms with Gasteiger partial charge in [-0.05, 0) is 12.8 Å². The Bertz CT molecular complexity index is 465. The van der Waals surface area contributed by atoms with Gasteiger partial charge in [-0.1, -0.05) is 18.4 Å². The first-order valence-corrected chi connectivity index (χ1v) is 7.70. The van der Waals surface area contributed by atoms with E-state index in [0.29, 0.717) is 24.4 Å². The van der Waals surface area contributed by atoms with Crippen molar-refractivity contribution in [3.8, 4) is 0 Å². The lowest BCUT2D eigenvalue weighted by Crippen LogP contribution is -2.17. The third-order valence-electron chi connectivity index (χ3n) is 3.02. The number of hydrogen-bond donors (Lipinski definition) is 1. The fraction of sp³-hybridized carbons (Fsp3) is 0.800. The van der Waals surface area contributed by atoms with Crippen LogP contribution in [0.2, 0.25) is 0 Å². The summed E-state index contributed by atoms with van der Waals surface area (Å²) >= 11 is 0. The van der Waals surface area contributed by atoms with Crippen LogP contribution in [-0.4, -0.2) is 36.7 Å². The number of aromatic nitrogens is 2. The zero-order chi connectivity index (χ0) is 12.3. The highest BCUT2D eigenvalue weighted by Crippen LogP contribution is 2.35. The van der Waals surface area contributed by atoms with Gasteiger partial charge >= 0.3 is 6.01 Å². The first kappa shape index (κ1) is 12.3. The molecule has 1 N–H and O–H groups in total. The number of sulfone groups is 1. The summed E-state index contributed by atoms with van der Waals surface area (Å²) in [5.41, 5.74) is 0. The minimum absolute atomic E-state index is 0.0879. The van der Waals surface area contributed by atoms with Crippen molar-refractivity contribution in [1.82, 2.24) is 10.2 Å². The zero-order valence-electron chi connectivity index (χ0n) is 9.85. The van der Waals surface area contributed by atoms with Gasteiger partial charge in [-0.25, -0.2) is 8.42 Å². The molecule has 1 heterocycles. The predicted molar refractivity (Wildman–Crippen MR) is 63.7 cm³/mol. The van der Waals surface area contributed by atoms with Crippen molar-refractivity contribution in [2.24, 2.45) is 0 Å². The van der Waals surface area contributed by atoms with E-state index in [1.807, 2.05) is 0 Å². The zero-order valence-corrected chi connectivity index (χ0v) is 10.7. The van der Waals surface area contributed by atoms with Gasteiger partial charge in [0.1, 0.15) is 0 Å². The summed E-state index contributed by atoms with van der Waals surface area (Å²) in [6, 6.07) is 0.318. The Morgan fingerprint density at radius 2 is 2.18 bits per heavy atom. The highest BCUT2D eigenvalue weighted by molar-refractivity contribution is 7.91. The second-order valence-corrected chi connectivity index (χ2v) is 6.71. The Hall–Kier alpha value is -1.11. The fourth-order valence-electron chi connectivity index (χ4n) is 1.58. The first-order valence-electron chi connectivity index (χ1n) is 5.88. The normalized spacial score (nSPS) is 16.8. The molecule has 1 aromatic heterocycles. The van der Waals surface area contributed by atoms with Crippen LogP contribution >= 0.6 is 0 Å². The molecule has 0 saturated heterocycles. The van der Waals surface area contributed by atoms with Crippen molar-refractivity contribution in [3.05, 3.63) is 5.89 Å². The second-order valence-electron chi connectivity index (χ2n) is 4.24. The van der Waals surface area contributed by atoms with Crippen LogP contribution in [0.4, 0.5) is 6.01 Å². The molecule has 7 heteroatoms. The number of nitrogens with zero attached hydrogens (tertiary/aromatic N) is 2. The summed E-state index contributed by atoms with van der Waals surface area (Å²) in [6.45, 7) is 1.94. The van der Waals surface area contributed by atoms with E-state index in [-0.39, 0.29) is 11.5 Å². The fourth-order valence-corrected chi connectivity index (χ4v) is 2.29. The van der Waals surface area contributed by atoms with Gasteiger partial charge in [0.2, 0.25) is 5.89 Å². The minimum Gasteiger partial charge on any atom is -0.408 e. The molecule has 0 atom stereocenters. The Balaban J connectivity index is 1.81. The molecule has 0 unspecified atom stereocenters. The molecule has 2 rings (SSSR count). The van der Waals surface area contributed by atoms with Crippen molar-refractivity contribution in [3.63, 3.8) is 0 Å². The molecule has 0 spiro atoms. The molecule has 0 aliphatic heterocycles. The summed E-state index contributed by atoms with van der Waals surface area (Å²) < 4.78 is 27.9. The van der Waals surface area contributed by atoms with Crippen LogP contribution in [0.3, 0.4) is 0 Å². The average Bonchev–Trinajstić information content (AvgIpc) is 2.64. The summed E-state index contributed by atoms with van der Waals surface area (Å²) in [5, 5.41) is 10.6. The molecule has 1 aliphatic rings. The summed E-state index contributed by atoms with van der Waals surface area (Å²) in [7, 11) is -2.95. The average molecular weight is 259 g/mol. The molecule has 0 amide bonds. The molecule has 17 heavy (non-hydrogen) atoms. The highest BCUT2D eigenvalue weighted by Gasteiger charge is 2.25. The lowest BCUT2D eigenvalue weighted by molar-refractivity contribution is 0.338. The lowest BCUT2D eigenvalue weighted by atomic mass is 9.85. The minimum atomic E-state index is -2.95. The van der Waals surface area contributed by atoms with Crippen molar-refractivity contribution >= 4 is 15.9 Å². The molecule has 1 aliphatic carbocycles. The molecule has 1 fully saturated rings. The maximum atomic E-state index is 11.3. The maximum Gasteiger partial charge on any atom is 0.315 e. The Labute approximate surface area is 101 Å². The smallest absolute Gasteiger partial charge is 0.315 e. The van der Waals surface area contributed by atoms with Crippen molar-refractivity contribution in [1.29, 1.82) is 0 Å². The lowest BCUT2D eigenvalue weighted by Gasteiger charge is -2.20. The number of hydrogen-bond acceptors (Lipinski definition) is 6. The van der Waals surface area contributed by atoms with Gasteiger partial charge in [-0.15, -0.1) is 5.10 Å². The molecule has 1 saturated carbocycles. The number of rotatable bonds is 6. The van der Waals surface area contributed by atoms with Crippen molar-refractivity contribution in [2.45, 2.75) is 32.1 Å². The molecule has 1 aromatic rings.